The highest BCUT2D eigenvalue weighted by atomic mass is 16.5. The lowest BCUT2D eigenvalue weighted by Gasteiger charge is -2.08. The van der Waals surface area contributed by atoms with Crippen LogP contribution in [0.3, 0.4) is 0 Å². The van der Waals surface area contributed by atoms with Crippen LogP contribution in [0.5, 0.6) is 0 Å². The smallest absolute Gasteiger partial charge is 0.341 e. The molecule has 0 spiro atoms. The maximum absolute atomic E-state index is 11.8. The van der Waals surface area contributed by atoms with Crippen molar-refractivity contribution in [1.82, 2.24) is 15.1 Å². The Bertz CT molecular complexity index is 404. The van der Waals surface area contributed by atoms with Gasteiger partial charge in [0.1, 0.15) is 5.56 Å². The highest BCUT2D eigenvalue weighted by molar-refractivity contribution is 5.90. The summed E-state index contributed by atoms with van der Waals surface area (Å²) in [5.41, 5.74) is 1.38. The lowest BCUT2D eigenvalue weighted by Crippen LogP contribution is -2.20. The van der Waals surface area contributed by atoms with E-state index in [0.29, 0.717) is 18.7 Å². The molecule has 0 amide bonds. The summed E-state index contributed by atoms with van der Waals surface area (Å²) in [6.07, 6.45) is 3.55. The van der Waals surface area contributed by atoms with Crippen LogP contribution in [0, 0.1) is 0 Å². The Balaban J connectivity index is 2.36. The van der Waals surface area contributed by atoms with Crippen LogP contribution in [0.2, 0.25) is 0 Å². The van der Waals surface area contributed by atoms with Gasteiger partial charge in [-0.25, -0.2) is 4.79 Å². The molecule has 114 valence electrons. The first-order chi connectivity index (χ1) is 9.70. The van der Waals surface area contributed by atoms with Crippen molar-refractivity contribution in [2.24, 2.45) is 7.05 Å². The largest absolute Gasteiger partial charge is 0.462 e. The van der Waals surface area contributed by atoms with Crippen LogP contribution in [0.15, 0.2) is 6.20 Å². The number of hydrogen-bond acceptors (Lipinski definition) is 5. The molecule has 0 aliphatic heterocycles. The minimum absolute atomic E-state index is 0.316. The van der Waals surface area contributed by atoms with Gasteiger partial charge < -0.3 is 14.8 Å². The lowest BCUT2D eigenvalue weighted by atomic mass is 10.2. The molecule has 6 heteroatoms. The summed E-state index contributed by atoms with van der Waals surface area (Å²) in [5, 5.41) is 7.40. The second-order valence-electron chi connectivity index (χ2n) is 4.49. The zero-order valence-corrected chi connectivity index (χ0v) is 12.6. The zero-order chi connectivity index (χ0) is 14.8. The van der Waals surface area contributed by atoms with Crippen LogP contribution in [-0.2, 0) is 23.1 Å². The number of nitrogens with one attached hydrogen (secondary N) is 1. The zero-order valence-electron chi connectivity index (χ0n) is 12.6. The van der Waals surface area contributed by atoms with E-state index in [2.05, 4.69) is 17.3 Å². The predicted octanol–water partition coefficient (Wildman–Crippen LogP) is 1.50. The van der Waals surface area contributed by atoms with Crippen molar-refractivity contribution in [2.45, 2.75) is 33.2 Å². The molecule has 0 aliphatic carbocycles. The third kappa shape index (κ3) is 5.30. The monoisotopic (exact) mass is 283 g/mol. The van der Waals surface area contributed by atoms with Crippen LogP contribution in [0.25, 0.3) is 0 Å². The van der Waals surface area contributed by atoms with Crippen LogP contribution in [-0.4, -0.2) is 42.1 Å². The van der Waals surface area contributed by atoms with E-state index in [4.69, 9.17) is 9.47 Å². The summed E-state index contributed by atoms with van der Waals surface area (Å²) >= 11 is 0. The molecule has 0 aliphatic rings. The van der Waals surface area contributed by atoms with Crippen LogP contribution in [0.1, 0.15) is 42.7 Å². The fourth-order valence-corrected chi connectivity index (χ4v) is 1.80. The van der Waals surface area contributed by atoms with Gasteiger partial charge in [-0.2, -0.15) is 5.10 Å². The maximum Gasteiger partial charge on any atom is 0.341 e. The van der Waals surface area contributed by atoms with Gasteiger partial charge in [-0.1, -0.05) is 6.92 Å². The first-order valence-corrected chi connectivity index (χ1v) is 7.17. The van der Waals surface area contributed by atoms with E-state index in [1.54, 1.807) is 17.8 Å². The Kier molecular flexibility index (Phi) is 7.91. The second kappa shape index (κ2) is 9.50. The van der Waals surface area contributed by atoms with Gasteiger partial charge in [0.05, 0.1) is 18.5 Å². The molecule has 1 rings (SSSR count). The third-order valence-electron chi connectivity index (χ3n) is 2.84. The third-order valence-corrected chi connectivity index (χ3v) is 2.84. The number of hydrogen-bond donors (Lipinski definition) is 1. The van der Waals surface area contributed by atoms with Gasteiger partial charge in [0.15, 0.2) is 0 Å². The van der Waals surface area contributed by atoms with Gasteiger partial charge >= 0.3 is 5.97 Å². The van der Waals surface area contributed by atoms with Gasteiger partial charge in [-0.3, -0.25) is 4.68 Å². The Morgan fingerprint density at radius 2 is 2.20 bits per heavy atom. The SMILES string of the molecule is CCCOCCCNCc1c(C(=O)OCC)cnn1C. The normalized spacial score (nSPS) is 10.8. The Hall–Kier alpha value is -1.40. The molecule has 20 heavy (non-hydrogen) atoms. The maximum atomic E-state index is 11.8. The average molecular weight is 283 g/mol. The summed E-state index contributed by atoms with van der Waals surface area (Å²) in [5.74, 6) is -0.316. The van der Waals surface area contributed by atoms with Gasteiger partial charge in [-0.15, -0.1) is 0 Å². The number of aromatic nitrogens is 2. The molecule has 1 aromatic rings. The second-order valence-corrected chi connectivity index (χ2v) is 4.49. The van der Waals surface area contributed by atoms with Crippen molar-refractivity contribution in [3.63, 3.8) is 0 Å². The van der Waals surface area contributed by atoms with E-state index < -0.39 is 0 Å². The molecule has 0 unspecified atom stereocenters. The average Bonchev–Trinajstić information content (AvgIpc) is 2.79. The molecule has 0 atom stereocenters. The minimum Gasteiger partial charge on any atom is -0.462 e. The van der Waals surface area contributed by atoms with Crippen LogP contribution < -0.4 is 5.32 Å². The van der Waals surface area contributed by atoms with Gasteiger partial charge in [0, 0.05) is 26.8 Å². The topological polar surface area (TPSA) is 65.4 Å². The quantitative estimate of drug-likeness (QED) is 0.521. The van der Waals surface area contributed by atoms with Crippen molar-refractivity contribution in [3.05, 3.63) is 17.5 Å². The summed E-state index contributed by atoms with van der Waals surface area (Å²) in [4.78, 5) is 11.8. The first kappa shape index (κ1) is 16.7. The molecule has 1 heterocycles. The number of esters is 1. The molecule has 0 bridgehead atoms. The summed E-state index contributed by atoms with van der Waals surface area (Å²) in [6, 6.07) is 0. The van der Waals surface area contributed by atoms with Crippen molar-refractivity contribution in [1.29, 1.82) is 0 Å². The minimum atomic E-state index is -0.316. The number of ether oxygens (including phenoxy) is 2. The number of nitrogens with zero attached hydrogens (tertiary/aromatic N) is 2. The summed E-state index contributed by atoms with van der Waals surface area (Å²) < 4.78 is 12.1. The molecular formula is C14H25N3O3. The number of carbonyl (C=O) groups is 1. The fourth-order valence-electron chi connectivity index (χ4n) is 1.80. The predicted molar refractivity (Wildman–Crippen MR) is 76.6 cm³/mol. The lowest BCUT2D eigenvalue weighted by molar-refractivity contribution is 0.0524. The van der Waals surface area contributed by atoms with E-state index in [9.17, 15) is 4.79 Å². The van der Waals surface area contributed by atoms with E-state index in [0.717, 1.165) is 38.3 Å². The number of aryl methyl sites for hydroxylation is 1. The van der Waals surface area contributed by atoms with Crippen LogP contribution in [0.4, 0.5) is 0 Å². The van der Waals surface area contributed by atoms with E-state index >= 15 is 0 Å². The van der Waals surface area contributed by atoms with Crippen molar-refractivity contribution >= 4 is 5.97 Å². The molecule has 0 saturated heterocycles. The first-order valence-electron chi connectivity index (χ1n) is 7.17. The molecule has 0 saturated carbocycles. The number of rotatable bonds is 10. The van der Waals surface area contributed by atoms with E-state index in [1.165, 1.54) is 0 Å². The molecule has 0 fully saturated rings. The molecule has 1 N–H and O–H groups in total. The van der Waals surface area contributed by atoms with Crippen molar-refractivity contribution in [2.75, 3.05) is 26.4 Å². The van der Waals surface area contributed by atoms with E-state index in [-0.39, 0.29) is 5.97 Å². The van der Waals surface area contributed by atoms with Gasteiger partial charge in [0.2, 0.25) is 0 Å². The Morgan fingerprint density at radius 3 is 2.90 bits per heavy atom. The fraction of sp³-hybridized carbons (Fsp3) is 0.714. The van der Waals surface area contributed by atoms with Crippen LogP contribution >= 0.6 is 0 Å². The highest BCUT2D eigenvalue weighted by Gasteiger charge is 2.16. The van der Waals surface area contributed by atoms with Gasteiger partial charge in [0.25, 0.3) is 0 Å². The molecular weight excluding hydrogens is 258 g/mol. The molecule has 0 radical (unpaired) electrons. The number of carbonyl (C=O) groups excluding carboxylic acids is 1. The highest BCUT2D eigenvalue weighted by Crippen LogP contribution is 2.09. The van der Waals surface area contributed by atoms with Gasteiger partial charge in [-0.05, 0) is 26.3 Å². The standard InChI is InChI=1S/C14H25N3O3/c1-4-8-19-9-6-7-15-11-13-12(10-16-17(13)3)14(18)20-5-2/h10,15H,4-9,11H2,1-3H3. The molecule has 1 aromatic heterocycles. The summed E-state index contributed by atoms with van der Waals surface area (Å²) in [6.45, 7) is 7.27. The summed E-state index contributed by atoms with van der Waals surface area (Å²) in [7, 11) is 1.82. The van der Waals surface area contributed by atoms with E-state index in [1.807, 2.05) is 7.05 Å². The van der Waals surface area contributed by atoms with Crippen molar-refractivity contribution in [3.8, 4) is 0 Å². The molecule has 6 nitrogen and oxygen atoms in total. The van der Waals surface area contributed by atoms with Crippen molar-refractivity contribution < 1.29 is 14.3 Å². The molecule has 0 aromatic carbocycles. The Labute approximate surface area is 120 Å². The Morgan fingerprint density at radius 1 is 1.40 bits per heavy atom.